The molecule has 0 aliphatic rings. The maximum absolute atomic E-state index is 12.3. The third kappa shape index (κ3) is 4.89. The molecule has 26 heavy (non-hydrogen) atoms. The van der Waals surface area contributed by atoms with Crippen LogP contribution in [0.3, 0.4) is 0 Å². The average molecular weight is 359 g/mol. The molecule has 0 atom stereocenters. The molecule has 0 fully saturated rings. The second-order valence-corrected chi connectivity index (χ2v) is 5.24. The molecule has 2 rings (SSSR count). The third-order valence-corrected chi connectivity index (χ3v) is 3.56. The summed E-state index contributed by atoms with van der Waals surface area (Å²) in [7, 11) is 4.39. The first-order valence-corrected chi connectivity index (χ1v) is 7.86. The lowest BCUT2D eigenvalue weighted by Gasteiger charge is -2.14. The van der Waals surface area contributed by atoms with Gasteiger partial charge in [-0.25, -0.2) is 0 Å². The van der Waals surface area contributed by atoms with Crippen molar-refractivity contribution in [3.8, 4) is 17.2 Å². The van der Waals surface area contributed by atoms with Gasteiger partial charge < -0.3 is 24.3 Å². The van der Waals surface area contributed by atoms with Gasteiger partial charge in [0.15, 0.2) is 11.5 Å². The Hall–Kier alpha value is -3.22. The number of benzene rings is 2. The van der Waals surface area contributed by atoms with Gasteiger partial charge in [-0.15, -0.1) is 0 Å². The molecule has 0 saturated heterocycles. The van der Waals surface area contributed by atoms with Crippen molar-refractivity contribution in [1.82, 2.24) is 5.32 Å². The van der Waals surface area contributed by atoms with Crippen LogP contribution in [0.1, 0.15) is 15.9 Å². The number of rotatable bonds is 8. The van der Waals surface area contributed by atoms with Crippen LogP contribution in [-0.4, -0.2) is 39.8 Å². The van der Waals surface area contributed by atoms with Crippen molar-refractivity contribution >= 4 is 11.9 Å². The normalized spacial score (nSPS) is 9.96. The number of esters is 1. The van der Waals surface area contributed by atoms with Crippen LogP contribution in [0.25, 0.3) is 0 Å². The Kier molecular flexibility index (Phi) is 6.84. The van der Waals surface area contributed by atoms with E-state index in [0.717, 1.165) is 5.56 Å². The van der Waals surface area contributed by atoms with Crippen molar-refractivity contribution in [2.24, 2.45) is 0 Å². The molecule has 1 N–H and O–H groups in total. The predicted octanol–water partition coefficient (Wildman–Crippen LogP) is 2.19. The minimum atomic E-state index is -0.533. The Morgan fingerprint density at radius 1 is 0.923 bits per heavy atom. The predicted molar refractivity (Wildman–Crippen MR) is 94.7 cm³/mol. The zero-order valence-electron chi connectivity index (χ0n) is 14.9. The molecular weight excluding hydrogens is 338 g/mol. The van der Waals surface area contributed by atoms with Crippen LogP contribution in [0.15, 0.2) is 42.5 Å². The van der Waals surface area contributed by atoms with E-state index >= 15 is 0 Å². The summed E-state index contributed by atoms with van der Waals surface area (Å²) in [5, 5.41) is 2.51. The highest BCUT2D eigenvalue weighted by atomic mass is 16.5. The molecule has 0 saturated carbocycles. The van der Waals surface area contributed by atoms with Crippen LogP contribution in [0.4, 0.5) is 0 Å². The summed E-state index contributed by atoms with van der Waals surface area (Å²) >= 11 is 0. The van der Waals surface area contributed by atoms with E-state index in [9.17, 15) is 9.59 Å². The molecule has 0 radical (unpaired) electrons. The molecule has 7 nitrogen and oxygen atoms in total. The molecule has 0 spiro atoms. The van der Waals surface area contributed by atoms with Gasteiger partial charge in [0.25, 0.3) is 5.91 Å². The fourth-order valence-electron chi connectivity index (χ4n) is 2.26. The first-order chi connectivity index (χ1) is 12.6. The standard InChI is InChI=1S/C19H21NO6/c1-23-15-9-14(10-16(24-2)18(15)25-3)19(22)20-11-17(21)26-12-13-7-5-4-6-8-13/h4-10H,11-12H2,1-3H3,(H,20,22). The van der Waals surface area contributed by atoms with Gasteiger partial charge in [0.2, 0.25) is 5.75 Å². The van der Waals surface area contributed by atoms with Crippen LogP contribution < -0.4 is 19.5 Å². The quantitative estimate of drug-likeness (QED) is 0.728. The van der Waals surface area contributed by atoms with Crippen LogP contribution in [-0.2, 0) is 16.1 Å². The smallest absolute Gasteiger partial charge is 0.325 e. The molecular formula is C19H21NO6. The van der Waals surface area contributed by atoms with E-state index in [1.165, 1.54) is 33.5 Å². The van der Waals surface area contributed by atoms with Crippen molar-refractivity contribution in [3.63, 3.8) is 0 Å². The van der Waals surface area contributed by atoms with Gasteiger partial charge in [0, 0.05) is 5.56 Å². The van der Waals surface area contributed by atoms with Crippen molar-refractivity contribution in [2.45, 2.75) is 6.61 Å². The molecule has 0 unspecified atom stereocenters. The minimum Gasteiger partial charge on any atom is -0.493 e. The van der Waals surface area contributed by atoms with E-state index in [1.807, 2.05) is 30.3 Å². The van der Waals surface area contributed by atoms with E-state index in [2.05, 4.69) is 5.32 Å². The number of amides is 1. The van der Waals surface area contributed by atoms with E-state index in [0.29, 0.717) is 17.2 Å². The summed E-state index contributed by atoms with van der Waals surface area (Å²) < 4.78 is 20.7. The maximum Gasteiger partial charge on any atom is 0.325 e. The maximum atomic E-state index is 12.3. The van der Waals surface area contributed by atoms with E-state index in [-0.39, 0.29) is 18.7 Å². The minimum absolute atomic E-state index is 0.153. The van der Waals surface area contributed by atoms with Crippen LogP contribution in [0.2, 0.25) is 0 Å². The van der Waals surface area contributed by atoms with Gasteiger partial charge in [-0.05, 0) is 17.7 Å². The summed E-state index contributed by atoms with van der Waals surface area (Å²) in [5.74, 6) is 0.0942. The zero-order chi connectivity index (χ0) is 18.9. The number of ether oxygens (including phenoxy) is 4. The lowest BCUT2D eigenvalue weighted by molar-refractivity contribution is -0.143. The fraction of sp³-hybridized carbons (Fsp3) is 0.263. The molecule has 2 aromatic rings. The van der Waals surface area contributed by atoms with Crippen LogP contribution in [0.5, 0.6) is 17.2 Å². The Balaban J connectivity index is 1.95. The Morgan fingerprint density at radius 2 is 1.54 bits per heavy atom. The third-order valence-electron chi connectivity index (χ3n) is 3.56. The van der Waals surface area contributed by atoms with E-state index in [4.69, 9.17) is 18.9 Å². The first kappa shape index (κ1) is 19.1. The largest absolute Gasteiger partial charge is 0.493 e. The van der Waals surface area contributed by atoms with E-state index < -0.39 is 11.9 Å². The second-order valence-electron chi connectivity index (χ2n) is 5.24. The van der Waals surface area contributed by atoms with Crippen LogP contribution in [0, 0.1) is 0 Å². The van der Waals surface area contributed by atoms with Gasteiger partial charge in [0.05, 0.1) is 21.3 Å². The molecule has 0 aromatic heterocycles. The number of carbonyl (C=O) groups excluding carboxylic acids is 2. The zero-order valence-corrected chi connectivity index (χ0v) is 14.9. The SMILES string of the molecule is COc1cc(C(=O)NCC(=O)OCc2ccccc2)cc(OC)c1OC. The number of nitrogens with one attached hydrogen (secondary N) is 1. The van der Waals surface area contributed by atoms with Crippen LogP contribution >= 0.6 is 0 Å². The molecule has 1 amide bonds. The molecule has 0 aliphatic heterocycles. The van der Waals surface area contributed by atoms with Crippen molar-refractivity contribution < 1.29 is 28.5 Å². The van der Waals surface area contributed by atoms with Crippen molar-refractivity contribution in [2.75, 3.05) is 27.9 Å². The number of methoxy groups -OCH3 is 3. The number of carbonyl (C=O) groups is 2. The van der Waals surface area contributed by atoms with Gasteiger partial charge in [-0.2, -0.15) is 0 Å². The monoisotopic (exact) mass is 359 g/mol. The number of hydrogen-bond donors (Lipinski definition) is 1. The summed E-state index contributed by atoms with van der Waals surface area (Å²) in [4.78, 5) is 24.1. The molecule has 0 bridgehead atoms. The highest BCUT2D eigenvalue weighted by molar-refractivity contribution is 5.97. The second kappa shape index (κ2) is 9.31. The Labute approximate surface area is 151 Å². The van der Waals surface area contributed by atoms with Gasteiger partial charge in [-0.1, -0.05) is 30.3 Å². The van der Waals surface area contributed by atoms with E-state index in [1.54, 1.807) is 0 Å². The summed E-state index contributed by atoms with van der Waals surface area (Å²) in [6.45, 7) is -0.0952. The molecule has 2 aromatic carbocycles. The Bertz CT molecular complexity index is 735. The summed E-state index contributed by atoms with van der Waals surface area (Å²) in [6.07, 6.45) is 0. The first-order valence-electron chi connectivity index (χ1n) is 7.86. The molecule has 138 valence electrons. The molecule has 7 heteroatoms. The van der Waals surface area contributed by atoms with Gasteiger partial charge in [-0.3, -0.25) is 9.59 Å². The highest BCUT2D eigenvalue weighted by Gasteiger charge is 2.17. The summed E-state index contributed by atoms with van der Waals surface area (Å²) in [5.41, 5.74) is 1.15. The van der Waals surface area contributed by atoms with Crippen molar-refractivity contribution in [1.29, 1.82) is 0 Å². The lowest BCUT2D eigenvalue weighted by Crippen LogP contribution is -2.30. The van der Waals surface area contributed by atoms with Crippen molar-refractivity contribution in [3.05, 3.63) is 53.6 Å². The highest BCUT2D eigenvalue weighted by Crippen LogP contribution is 2.38. The Morgan fingerprint density at radius 3 is 2.08 bits per heavy atom. The molecule has 0 aliphatic carbocycles. The summed E-state index contributed by atoms with van der Waals surface area (Å²) in [6, 6.07) is 12.3. The fourth-order valence-corrected chi connectivity index (χ4v) is 2.26. The van der Waals surface area contributed by atoms with Gasteiger partial charge >= 0.3 is 5.97 Å². The topological polar surface area (TPSA) is 83.1 Å². The van der Waals surface area contributed by atoms with Gasteiger partial charge in [0.1, 0.15) is 13.2 Å². The molecule has 0 heterocycles. The lowest BCUT2D eigenvalue weighted by atomic mass is 10.1. The number of hydrogen-bond acceptors (Lipinski definition) is 6. The average Bonchev–Trinajstić information content (AvgIpc) is 2.69.